The summed E-state index contributed by atoms with van der Waals surface area (Å²) in [6.07, 6.45) is 2.91. The largest absolute Gasteiger partial charge is 0.461 e. The molecule has 1 N–H and O–H groups in total. The average Bonchev–Trinajstić information content (AvgIpc) is 2.47. The molecular weight excluding hydrogens is 274 g/mol. The highest BCUT2D eigenvalue weighted by atomic mass is 35.5. The summed E-state index contributed by atoms with van der Waals surface area (Å²) in [6, 6.07) is 7.37. The third-order valence-electron chi connectivity index (χ3n) is 3.94. The van der Waals surface area contributed by atoms with Crippen molar-refractivity contribution in [2.75, 3.05) is 13.1 Å². The number of carbonyl (C=O) groups excluding carboxylic acids is 1. The van der Waals surface area contributed by atoms with Gasteiger partial charge in [-0.2, -0.15) is 0 Å². The molecule has 110 valence electrons. The SMILES string of the molecule is CC(CC(=O)OCc1ccc(Cl)cc1)C1CCCNC1. The number of benzene rings is 1. The summed E-state index contributed by atoms with van der Waals surface area (Å²) < 4.78 is 5.33. The van der Waals surface area contributed by atoms with Gasteiger partial charge in [-0.25, -0.2) is 0 Å². The molecule has 4 heteroatoms. The molecule has 0 aliphatic carbocycles. The highest BCUT2D eigenvalue weighted by Crippen LogP contribution is 2.23. The lowest BCUT2D eigenvalue weighted by atomic mass is 9.85. The Morgan fingerprint density at radius 3 is 2.85 bits per heavy atom. The van der Waals surface area contributed by atoms with Gasteiger partial charge in [0.2, 0.25) is 0 Å². The minimum absolute atomic E-state index is 0.113. The number of halogens is 1. The number of nitrogens with one attached hydrogen (secondary N) is 1. The standard InChI is InChI=1S/C16H22ClNO2/c1-12(14-3-2-8-18-10-14)9-16(19)20-11-13-4-6-15(17)7-5-13/h4-7,12,14,18H,2-3,8-11H2,1H3. The zero-order valence-electron chi connectivity index (χ0n) is 11.9. The minimum atomic E-state index is -0.113. The summed E-state index contributed by atoms with van der Waals surface area (Å²) in [5, 5.41) is 4.08. The number of rotatable bonds is 5. The number of hydrogen-bond donors (Lipinski definition) is 1. The fourth-order valence-electron chi connectivity index (χ4n) is 2.60. The van der Waals surface area contributed by atoms with Crippen LogP contribution in [0.1, 0.15) is 31.7 Å². The van der Waals surface area contributed by atoms with Crippen LogP contribution in [0.25, 0.3) is 0 Å². The molecule has 1 aliphatic heterocycles. The predicted molar refractivity (Wildman–Crippen MR) is 80.6 cm³/mol. The molecule has 20 heavy (non-hydrogen) atoms. The monoisotopic (exact) mass is 295 g/mol. The molecule has 1 saturated heterocycles. The van der Waals surface area contributed by atoms with Gasteiger partial charge in [-0.15, -0.1) is 0 Å². The summed E-state index contributed by atoms with van der Waals surface area (Å²) in [5.41, 5.74) is 0.967. The number of carbonyl (C=O) groups is 1. The minimum Gasteiger partial charge on any atom is -0.461 e. The number of esters is 1. The van der Waals surface area contributed by atoms with Crippen LogP contribution < -0.4 is 5.32 Å². The summed E-state index contributed by atoms with van der Waals surface area (Å²) >= 11 is 5.82. The van der Waals surface area contributed by atoms with Gasteiger partial charge in [-0.1, -0.05) is 30.7 Å². The summed E-state index contributed by atoms with van der Waals surface area (Å²) in [7, 11) is 0. The molecule has 1 aromatic rings. The average molecular weight is 296 g/mol. The molecule has 1 aliphatic rings. The molecule has 1 heterocycles. The van der Waals surface area contributed by atoms with Crippen molar-refractivity contribution in [2.24, 2.45) is 11.8 Å². The van der Waals surface area contributed by atoms with Gasteiger partial charge in [-0.3, -0.25) is 4.79 Å². The van der Waals surface area contributed by atoms with Crippen LogP contribution in [0.5, 0.6) is 0 Å². The van der Waals surface area contributed by atoms with E-state index in [0.717, 1.165) is 18.7 Å². The molecule has 0 aromatic heterocycles. The Hall–Kier alpha value is -1.06. The fourth-order valence-corrected chi connectivity index (χ4v) is 2.72. The molecule has 0 spiro atoms. The number of piperidine rings is 1. The molecular formula is C16H22ClNO2. The van der Waals surface area contributed by atoms with Crippen LogP contribution in [-0.2, 0) is 16.1 Å². The zero-order chi connectivity index (χ0) is 14.4. The van der Waals surface area contributed by atoms with Crippen LogP contribution in [0.15, 0.2) is 24.3 Å². The molecule has 0 amide bonds. The van der Waals surface area contributed by atoms with Crippen molar-refractivity contribution in [3.63, 3.8) is 0 Å². The van der Waals surface area contributed by atoms with E-state index in [1.165, 1.54) is 12.8 Å². The van der Waals surface area contributed by atoms with E-state index in [1.807, 2.05) is 12.1 Å². The lowest BCUT2D eigenvalue weighted by Gasteiger charge is -2.27. The number of ether oxygens (including phenoxy) is 1. The molecule has 1 fully saturated rings. The normalized spacial score (nSPS) is 20.4. The zero-order valence-corrected chi connectivity index (χ0v) is 12.7. The van der Waals surface area contributed by atoms with Gasteiger partial charge >= 0.3 is 5.97 Å². The van der Waals surface area contributed by atoms with E-state index in [9.17, 15) is 4.79 Å². The first kappa shape index (κ1) is 15.3. The van der Waals surface area contributed by atoms with Crippen LogP contribution in [-0.4, -0.2) is 19.1 Å². The Morgan fingerprint density at radius 1 is 1.45 bits per heavy atom. The molecule has 2 rings (SSSR count). The molecule has 1 aromatic carbocycles. The fraction of sp³-hybridized carbons (Fsp3) is 0.562. The van der Waals surface area contributed by atoms with E-state index in [-0.39, 0.29) is 5.97 Å². The third-order valence-corrected chi connectivity index (χ3v) is 4.19. The van der Waals surface area contributed by atoms with Crippen LogP contribution in [0.4, 0.5) is 0 Å². The van der Waals surface area contributed by atoms with Crippen molar-refractivity contribution < 1.29 is 9.53 Å². The Bertz CT molecular complexity index is 427. The third kappa shape index (κ3) is 4.80. The Morgan fingerprint density at radius 2 is 2.20 bits per heavy atom. The molecule has 0 radical (unpaired) electrons. The highest BCUT2D eigenvalue weighted by Gasteiger charge is 2.22. The van der Waals surface area contributed by atoms with E-state index < -0.39 is 0 Å². The maximum atomic E-state index is 11.9. The van der Waals surface area contributed by atoms with Gasteiger partial charge in [0.05, 0.1) is 0 Å². The first-order valence-electron chi connectivity index (χ1n) is 7.26. The summed E-state index contributed by atoms with van der Waals surface area (Å²) in [6.45, 7) is 4.59. The Labute approximate surface area is 125 Å². The second-order valence-electron chi connectivity index (χ2n) is 5.57. The maximum absolute atomic E-state index is 11.9. The Kier molecular flexibility index (Phi) is 5.86. The van der Waals surface area contributed by atoms with E-state index in [1.54, 1.807) is 12.1 Å². The number of hydrogen-bond acceptors (Lipinski definition) is 3. The van der Waals surface area contributed by atoms with Crippen LogP contribution >= 0.6 is 11.6 Å². The summed E-state index contributed by atoms with van der Waals surface area (Å²) in [5.74, 6) is 0.852. The predicted octanol–water partition coefficient (Wildman–Crippen LogP) is 3.41. The lowest BCUT2D eigenvalue weighted by Crippen LogP contribution is -2.34. The second kappa shape index (κ2) is 7.65. The van der Waals surface area contributed by atoms with Crippen molar-refractivity contribution in [3.8, 4) is 0 Å². The van der Waals surface area contributed by atoms with Gasteiger partial charge in [0.25, 0.3) is 0 Å². The molecule has 0 saturated carbocycles. The Balaban J connectivity index is 1.73. The molecule has 2 unspecified atom stereocenters. The van der Waals surface area contributed by atoms with Crippen molar-refractivity contribution in [1.29, 1.82) is 0 Å². The molecule has 2 atom stereocenters. The first-order chi connectivity index (χ1) is 9.65. The lowest BCUT2D eigenvalue weighted by molar-refractivity contribution is -0.146. The van der Waals surface area contributed by atoms with Crippen LogP contribution in [0.3, 0.4) is 0 Å². The van der Waals surface area contributed by atoms with Gasteiger partial charge < -0.3 is 10.1 Å². The molecule has 3 nitrogen and oxygen atoms in total. The first-order valence-corrected chi connectivity index (χ1v) is 7.63. The smallest absolute Gasteiger partial charge is 0.306 e. The summed E-state index contributed by atoms with van der Waals surface area (Å²) in [4.78, 5) is 11.9. The van der Waals surface area contributed by atoms with Gasteiger partial charge in [-0.05, 0) is 55.5 Å². The van der Waals surface area contributed by atoms with Crippen molar-refractivity contribution in [2.45, 2.75) is 32.8 Å². The van der Waals surface area contributed by atoms with Crippen LogP contribution in [0.2, 0.25) is 5.02 Å². The van der Waals surface area contributed by atoms with Gasteiger partial charge in [0.1, 0.15) is 6.61 Å². The van der Waals surface area contributed by atoms with Crippen molar-refractivity contribution in [1.82, 2.24) is 5.32 Å². The van der Waals surface area contributed by atoms with Crippen LogP contribution in [0, 0.1) is 11.8 Å². The van der Waals surface area contributed by atoms with E-state index in [0.29, 0.717) is 29.9 Å². The maximum Gasteiger partial charge on any atom is 0.306 e. The van der Waals surface area contributed by atoms with Crippen molar-refractivity contribution >= 4 is 17.6 Å². The highest BCUT2D eigenvalue weighted by molar-refractivity contribution is 6.30. The second-order valence-corrected chi connectivity index (χ2v) is 6.01. The van der Waals surface area contributed by atoms with E-state index in [2.05, 4.69) is 12.2 Å². The van der Waals surface area contributed by atoms with Crippen molar-refractivity contribution in [3.05, 3.63) is 34.9 Å². The molecule has 0 bridgehead atoms. The van der Waals surface area contributed by atoms with Gasteiger partial charge in [0, 0.05) is 11.4 Å². The van der Waals surface area contributed by atoms with E-state index >= 15 is 0 Å². The quantitative estimate of drug-likeness (QED) is 0.846. The topological polar surface area (TPSA) is 38.3 Å². The van der Waals surface area contributed by atoms with E-state index in [4.69, 9.17) is 16.3 Å². The van der Waals surface area contributed by atoms with Gasteiger partial charge in [0.15, 0.2) is 0 Å².